The fraction of sp³-hybridized carbons (Fsp3) is 0.361. The summed E-state index contributed by atoms with van der Waals surface area (Å²) in [5, 5.41) is 10.1. The van der Waals surface area contributed by atoms with Crippen LogP contribution in [0, 0.1) is 5.41 Å². The van der Waals surface area contributed by atoms with Gasteiger partial charge < -0.3 is 25.4 Å². The summed E-state index contributed by atoms with van der Waals surface area (Å²) in [5.74, 6) is 1.46. The summed E-state index contributed by atoms with van der Waals surface area (Å²) >= 11 is 14.1. The van der Waals surface area contributed by atoms with Gasteiger partial charge in [-0.25, -0.2) is 15.0 Å². The Labute approximate surface area is 294 Å². The third-order valence-electron chi connectivity index (χ3n) is 9.51. The second kappa shape index (κ2) is 13.9. The van der Waals surface area contributed by atoms with Crippen LogP contribution in [0.15, 0.2) is 54.9 Å². The molecule has 3 aliphatic rings. The Hall–Kier alpha value is -4.29. The Kier molecular flexibility index (Phi) is 9.43. The van der Waals surface area contributed by atoms with Gasteiger partial charge in [-0.15, -0.1) is 0 Å². The van der Waals surface area contributed by atoms with Crippen molar-refractivity contribution < 1.29 is 19.1 Å². The molecular weight excluding hydrogens is 665 g/mol. The molecule has 0 unspecified atom stereocenters. The number of nitrogens with zero attached hydrogens (tertiary/aromatic N) is 4. The average Bonchev–Trinajstić information content (AvgIpc) is 3.70. The van der Waals surface area contributed by atoms with E-state index in [0.717, 1.165) is 55.0 Å². The van der Waals surface area contributed by atoms with Crippen LogP contribution >= 0.6 is 23.2 Å². The number of rotatable bonds is 11. The largest absolute Gasteiger partial charge is 0.496 e. The quantitative estimate of drug-likeness (QED) is 0.200. The third kappa shape index (κ3) is 6.81. The van der Waals surface area contributed by atoms with E-state index in [1.807, 2.05) is 48.5 Å². The molecule has 3 fully saturated rings. The van der Waals surface area contributed by atoms with E-state index < -0.39 is 0 Å². The molecule has 2 aromatic heterocycles. The highest BCUT2D eigenvalue weighted by atomic mass is 35.5. The van der Waals surface area contributed by atoms with E-state index >= 15 is 0 Å². The van der Waals surface area contributed by atoms with Crippen LogP contribution in [0.5, 0.6) is 11.6 Å². The number of amides is 2. The maximum absolute atomic E-state index is 11.7. The summed E-state index contributed by atoms with van der Waals surface area (Å²) in [5.41, 5.74) is 5.85. The fourth-order valence-electron chi connectivity index (χ4n) is 7.07. The molecule has 254 valence electrons. The predicted molar refractivity (Wildman–Crippen MR) is 187 cm³/mol. The number of halogens is 2. The van der Waals surface area contributed by atoms with E-state index in [0.29, 0.717) is 70.1 Å². The van der Waals surface area contributed by atoms with Crippen LogP contribution in [0.4, 0.5) is 0 Å². The van der Waals surface area contributed by atoms with Crippen molar-refractivity contribution in [2.24, 2.45) is 5.41 Å². The molecule has 1 spiro atoms. The number of aromatic nitrogens is 3. The Morgan fingerprint density at radius 1 is 0.959 bits per heavy atom. The van der Waals surface area contributed by atoms with Crippen molar-refractivity contribution in [2.75, 3.05) is 40.4 Å². The van der Waals surface area contributed by atoms with Gasteiger partial charge >= 0.3 is 0 Å². The third-order valence-corrected chi connectivity index (χ3v) is 10.3. The predicted octanol–water partition coefficient (Wildman–Crippen LogP) is 4.89. The molecule has 11 nitrogen and oxygen atoms in total. The van der Waals surface area contributed by atoms with Gasteiger partial charge in [-0.05, 0) is 18.6 Å². The molecule has 7 rings (SSSR count). The second-order valence-corrected chi connectivity index (χ2v) is 13.7. The Morgan fingerprint density at radius 2 is 1.76 bits per heavy atom. The number of carbonyl (C=O) groups is 2. The summed E-state index contributed by atoms with van der Waals surface area (Å²) in [6.07, 6.45) is 3.48. The van der Waals surface area contributed by atoms with Crippen LogP contribution in [0.2, 0.25) is 10.0 Å². The lowest BCUT2D eigenvalue weighted by Crippen LogP contribution is -2.56. The zero-order valence-corrected chi connectivity index (χ0v) is 28.8. The minimum Gasteiger partial charge on any atom is -0.496 e. The van der Waals surface area contributed by atoms with E-state index in [-0.39, 0.29) is 23.3 Å². The van der Waals surface area contributed by atoms with Gasteiger partial charge in [0.2, 0.25) is 17.7 Å². The normalized spacial score (nSPS) is 18.3. The summed E-state index contributed by atoms with van der Waals surface area (Å²) in [6.45, 7) is 4.44. The summed E-state index contributed by atoms with van der Waals surface area (Å²) in [4.78, 5) is 39.4. The molecule has 5 heterocycles. The lowest BCUT2D eigenvalue weighted by molar-refractivity contribution is -0.121. The van der Waals surface area contributed by atoms with Gasteiger partial charge in [-0.1, -0.05) is 59.6 Å². The van der Waals surface area contributed by atoms with E-state index in [9.17, 15) is 9.59 Å². The van der Waals surface area contributed by atoms with Crippen LogP contribution < -0.4 is 25.4 Å². The Balaban J connectivity index is 1.10. The summed E-state index contributed by atoms with van der Waals surface area (Å²) < 4.78 is 11.4. The van der Waals surface area contributed by atoms with Crippen molar-refractivity contribution in [1.82, 2.24) is 35.8 Å². The highest BCUT2D eigenvalue weighted by molar-refractivity contribution is 6.38. The SMILES string of the molecule is COc1cc(-c2ncnc(-c3cccc(-c4ccc(CNC[C@H]5CCC(=O)N5)c(OC)n4)c3Cl)c2Cl)ccc1CN1CC2(CNC(=O)C2)C1. The van der Waals surface area contributed by atoms with Crippen LogP contribution in [0.25, 0.3) is 33.8 Å². The first-order valence-electron chi connectivity index (χ1n) is 16.3. The van der Waals surface area contributed by atoms with E-state index in [2.05, 4.69) is 30.8 Å². The van der Waals surface area contributed by atoms with E-state index in [4.69, 9.17) is 37.7 Å². The molecule has 0 aliphatic carbocycles. The molecular formula is C36H37Cl2N7O4. The number of nitrogens with one attached hydrogen (secondary N) is 3. The van der Waals surface area contributed by atoms with Crippen molar-refractivity contribution in [3.05, 3.63) is 76.0 Å². The van der Waals surface area contributed by atoms with E-state index in [1.54, 1.807) is 14.2 Å². The Morgan fingerprint density at radius 3 is 2.49 bits per heavy atom. The van der Waals surface area contributed by atoms with Crippen molar-refractivity contribution in [3.63, 3.8) is 0 Å². The smallest absolute Gasteiger partial charge is 0.220 e. The maximum Gasteiger partial charge on any atom is 0.220 e. The van der Waals surface area contributed by atoms with E-state index in [1.165, 1.54) is 6.33 Å². The van der Waals surface area contributed by atoms with Crippen molar-refractivity contribution >= 4 is 35.0 Å². The van der Waals surface area contributed by atoms with Gasteiger partial charge in [0.15, 0.2) is 0 Å². The number of methoxy groups -OCH3 is 2. The minimum atomic E-state index is 0.0630. The maximum atomic E-state index is 11.7. The van der Waals surface area contributed by atoms with Crippen molar-refractivity contribution in [2.45, 2.75) is 38.4 Å². The molecule has 0 radical (unpaired) electrons. The monoisotopic (exact) mass is 701 g/mol. The van der Waals surface area contributed by atoms with Gasteiger partial charge in [-0.3, -0.25) is 14.5 Å². The van der Waals surface area contributed by atoms with Crippen LogP contribution in [-0.2, 0) is 22.7 Å². The summed E-state index contributed by atoms with van der Waals surface area (Å²) in [7, 11) is 3.24. The average molecular weight is 703 g/mol. The number of ether oxygens (including phenoxy) is 2. The number of carbonyl (C=O) groups excluding carboxylic acids is 2. The second-order valence-electron chi connectivity index (χ2n) is 13.0. The highest BCUT2D eigenvalue weighted by Crippen LogP contribution is 2.42. The number of hydrogen-bond acceptors (Lipinski definition) is 9. The van der Waals surface area contributed by atoms with Crippen molar-refractivity contribution in [1.29, 1.82) is 0 Å². The number of hydrogen-bond donors (Lipinski definition) is 3. The first kappa shape index (κ1) is 33.2. The van der Waals surface area contributed by atoms with Crippen LogP contribution in [-0.4, -0.2) is 78.1 Å². The molecule has 13 heteroatoms. The highest BCUT2D eigenvalue weighted by Gasteiger charge is 2.47. The van der Waals surface area contributed by atoms with Gasteiger partial charge in [0, 0.05) is 91.4 Å². The number of likely N-dealkylation sites (tertiary alicyclic amines) is 1. The molecule has 3 saturated heterocycles. The van der Waals surface area contributed by atoms with Crippen LogP contribution in [0.1, 0.15) is 30.4 Å². The van der Waals surface area contributed by atoms with Gasteiger partial charge in [0.05, 0.1) is 41.3 Å². The molecule has 0 bridgehead atoms. The standard InChI is InChI=1S/C36H37Cl2N7O4/c1-48-28-12-21(6-7-23(28)16-45-18-36(19-45)13-30(47)40-17-36)33-32(38)34(42-20-41-33)26-5-3-4-25(31(26)37)27-10-8-22(35(44-27)49-2)14-39-15-24-9-11-29(46)43-24/h3-8,10,12,20,24,39H,9,11,13-19H2,1-2H3,(H,40,47)(H,43,46)/t24-/m1/s1. The minimum absolute atomic E-state index is 0.0630. The number of pyridine rings is 1. The molecule has 1 atom stereocenters. The molecule has 3 N–H and O–H groups in total. The topological polar surface area (TPSA) is 131 Å². The molecule has 2 aromatic carbocycles. The first-order valence-corrected chi connectivity index (χ1v) is 17.0. The molecule has 3 aliphatic heterocycles. The fourth-order valence-corrected chi connectivity index (χ4v) is 7.69. The lowest BCUT2D eigenvalue weighted by atomic mass is 9.79. The molecule has 4 aromatic rings. The zero-order chi connectivity index (χ0) is 34.1. The molecule has 0 saturated carbocycles. The van der Waals surface area contributed by atoms with Gasteiger partial charge in [0.25, 0.3) is 0 Å². The lowest BCUT2D eigenvalue weighted by Gasteiger charge is -2.47. The Bertz CT molecular complexity index is 1920. The van der Waals surface area contributed by atoms with Crippen molar-refractivity contribution in [3.8, 4) is 45.4 Å². The number of benzene rings is 2. The summed E-state index contributed by atoms with van der Waals surface area (Å²) in [6, 6.07) is 15.6. The van der Waals surface area contributed by atoms with Crippen LogP contribution in [0.3, 0.4) is 0 Å². The molecule has 49 heavy (non-hydrogen) atoms. The zero-order valence-electron chi connectivity index (χ0n) is 27.3. The van der Waals surface area contributed by atoms with Gasteiger partial charge in [0.1, 0.15) is 12.1 Å². The molecule has 2 amide bonds. The first-order chi connectivity index (χ1) is 23.8. The van der Waals surface area contributed by atoms with Gasteiger partial charge in [-0.2, -0.15) is 0 Å².